The summed E-state index contributed by atoms with van der Waals surface area (Å²) in [5.74, 6) is -0.463. The first-order valence-corrected chi connectivity index (χ1v) is 8.93. The second-order valence-electron chi connectivity index (χ2n) is 6.20. The minimum atomic E-state index is -5.72. The molecule has 0 fully saturated rings. The van der Waals surface area contributed by atoms with Crippen molar-refractivity contribution in [1.29, 1.82) is 0 Å². The summed E-state index contributed by atoms with van der Waals surface area (Å²) in [6.45, 7) is 4.11. The van der Waals surface area contributed by atoms with Crippen LogP contribution in [0.5, 0.6) is 6.01 Å². The number of nitrogens with zero attached hydrogens (tertiary/aromatic N) is 5. The molecule has 31 heavy (non-hydrogen) atoms. The zero-order valence-corrected chi connectivity index (χ0v) is 16.1. The highest BCUT2D eigenvalue weighted by Gasteiger charge is 2.59. The Morgan fingerprint density at radius 3 is 2.32 bits per heavy atom. The maximum atomic E-state index is 12.9. The van der Waals surface area contributed by atoms with Crippen molar-refractivity contribution in [2.75, 3.05) is 23.3 Å². The number of hydrogen-bond donors (Lipinski definition) is 1. The zero-order valence-electron chi connectivity index (χ0n) is 16.1. The van der Waals surface area contributed by atoms with Gasteiger partial charge in [0.25, 0.3) is 6.10 Å². The summed E-state index contributed by atoms with van der Waals surface area (Å²) in [4.78, 5) is 12.8. The van der Waals surface area contributed by atoms with Gasteiger partial charge < -0.3 is 19.5 Å². The Morgan fingerprint density at radius 2 is 1.71 bits per heavy atom. The van der Waals surface area contributed by atoms with E-state index in [0.717, 1.165) is 0 Å². The number of rotatable bonds is 7. The van der Waals surface area contributed by atoms with Gasteiger partial charge >= 0.3 is 18.4 Å². The average molecular weight is 450 g/mol. The lowest BCUT2D eigenvalue weighted by Crippen LogP contribution is -2.47. The largest absolute Gasteiger partial charge is 0.440 e. The van der Waals surface area contributed by atoms with E-state index in [0.29, 0.717) is 29.7 Å². The van der Waals surface area contributed by atoms with Crippen molar-refractivity contribution < 1.29 is 35.6 Å². The van der Waals surface area contributed by atoms with Gasteiger partial charge in [-0.2, -0.15) is 41.3 Å². The molecular formula is C17H16F6N6O2. The van der Waals surface area contributed by atoms with Gasteiger partial charge in [0.1, 0.15) is 0 Å². The third-order valence-corrected chi connectivity index (χ3v) is 4.08. The number of halogens is 6. The van der Waals surface area contributed by atoms with Crippen molar-refractivity contribution in [2.24, 2.45) is 0 Å². The Balaban J connectivity index is 1.99. The smallest absolute Gasteiger partial charge is 0.434 e. The summed E-state index contributed by atoms with van der Waals surface area (Å²) >= 11 is 0. The van der Waals surface area contributed by atoms with Crippen molar-refractivity contribution in [3.05, 3.63) is 24.4 Å². The topological polar surface area (TPSA) is 89.2 Å². The van der Waals surface area contributed by atoms with Gasteiger partial charge in [0.2, 0.25) is 11.9 Å². The molecule has 0 radical (unpaired) electrons. The number of anilines is 3. The van der Waals surface area contributed by atoms with Crippen LogP contribution in [0, 0.1) is 0 Å². The first-order valence-electron chi connectivity index (χ1n) is 8.93. The minimum absolute atomic E-state index is 0.152. The van der Waals surface area contributed by atoms with Crippen molar-refractivity contribution >= 4 is 28.6 Å². The Hall–Kier alpha value is -3.32. The summed E-state index contributed by atoms with van der Waals surface area (Å²) in [6.07, 6.45) is -14.1. The van der Waals surface area contributed by atoms with E-state index in [1.165, 1.54) is 17.2 Å². The number of fused-ring (bicyclic) bond motifs is 1. The predicted octanol–water partition coefficient (Wildman–Crippen LogP) is 4.47. The van der Waals surface area contributed by atoms with Crippen LogP contribution in [0.15, 0.2) is 28.9 Å². The molecule has 0 bridgehead atoms. The maximum Gasteiger partial charge on any atom is 0.434 e. The van der Waals surface area contributed by atoms with Gasteiger partial charge in [-0.05, 0) is 26.0 Å². The van der Waals surface area contributed by atoms with E-state index in [-0.39, 0.29) is 11.9 Å². The van der Waals surface area contributed by atoms with Crippen LogP contribution in [0.1, 0.15) is 13.8 Å². The standard InChI is InChI=1S/C17H16F6N6O2/c1-3-29(4-2)14-26-13(25-10-6-5-9-8-24-31-11(9)7-10)27-15(28-14)30-12(16(18,19)20)17(21,22)23/h5-8,12H,3-4H2,1-2H3,(H,25,26,27,28). The second kappa shape index (κ2) is 8.43. The normalized spacial score (nSPS) is 12.4. The molecule has 0 saturated heterocycles. The van der Waals surface area contributed by atoms with E-state index in [9.17, 15) is 26.3 Å². The molecule has 0 amide bonds. The fourth-order valence-corrected chi connectivity index (χ4v) is 2.59. The Labute approximate surface area is 171 Å². The first-order chi connectivity index (χ1) is 14.5. The summed E-state index contributed by atoms with van der Waals surface area (Å²) in [7, 11) is 0. The molecule has 0 unspecified atom stereocenters. The van der Waals surface area contributed by atoms with E-state index in [1.54, 1.807) is 26.0 Å². The number of benzene rings is 1. The number of ether oxygens (including phenoxy) is 1. The van der Waals surface area contributed by atoms with Crippen molar-refractivity contribution in [1.82, 2.24) is 20.1 Å². The van der Waals surface area contributed by atoms with Crippen LogP contribution in [0.4, 0.5) is 43.9 Å². The monoisotopic (exact) mass is 450 g/mol. The van der Waals surface area contributed by atoms with Crippen LogP contribution in [-0.4, -0.2) is 51.7 Å². The summed E-state index contributed by atoms with van der Waals surface area (Å²) < 4.78 is 86.6. The van der Waals surface area contributed by atoms with E-state index < -0.39 is 24.5 Å². The molecule has 8 nitrogen and oxygen atoms in total. The molecule has 168 valence electrons. The average Bonchev–Trinajstić information content (AvgIpc) is 3.13. The Morgan fingerprint density at radius 1 is 1.03 bits per heavy atom. The van der Waals surface area contributed by atoms with E-state index in [2.05, 4.69) is 30.2 Å². The molecule has 2 aromatic heterocycles. The highest BCUT2D eigenvalue weighted by molar-refractivity contribution is 5.80. The number of aromatic nitrogens is 4. The summed E-state index contributed by atoms with van der Waals surface area (Å²) in [5.41, 5.74) is 0.754. The van der Waals surface area contributed by atoms with Gasteiger partial charge in [0.15, 0.2) is 5.58 Å². The van der Waals surface area contributed by atoms with Crippen molar-refractivity contribution in [3.8, 4) is 6.01 Å². The number of nitrogens with one attached hydrogen (secondary N) is 1. The molecule has 14 heteroatoms. The lowest BCUT2D eigenvalue weighted by atomic mass is 10.2. The fraction of sp³-hybridized carbons (Fsp3) is 0.412. The van der Waals surface area contributed by atoms with Gasteiger partial charge in [-0.1, -0.05) is 5.16 Å². The molecule has 0 atom stereocenters. The van der Waals surface area contributed by atoms with Gasteiger partial charge in [0.05, 0.1) is 6.20 Å². The quantitative estimate of drug-likeness (QED) is 0.528. The third kappa shape index (κ3) is 5.24. The van der Waals surface area contributed by atoms with Crippen LogP contribution in [0.2, 0.25) is 0 Å². The number of alkyl halides is 6. The highest BCUT2D eigenvalue weighted by atomic mass is 19.4. The number of hydrogen-bond acceptors (Lipinski definition) is 8. The maximum absolute atomic E-state index is 12.9. The van der Waals surface area contributed by atoms with E-state index >= 15 is 0 Å². The van der Waals surface area contributed by atoms with Gasteiger partial charge in [0, 0.05) is 30.2 Å². The second-order valence-corrected chi connectivity index (χ2v) is 6.20. The highest BCUT2D eigenvalue weighted by Crippen LogP contribution is 2.36. The van der Waals surface area contributed by atoms with Crippen LogP contribution in [-0.2, 0) is 0 Å². The van der Waals surface area contributed by atoms with Crippen molar-refractivity contribution in [2.45, 2.75) is 32.3 Å². The van der Waals surface area contributed by atoms with Crippen LogP contribution < -0.4 is 15.0 Å². The molecule has 2 heterocycles. The molecule has 1 aromatic carbocycles. The minimum Gasteiger partial charge on any atom is -0.440 e. The Bertz CT molecular complexity index is 1020. The first kappa shape index (κ1) is 22.4. The SMILES string of the molecule is CCN(CC)c1nc(Nc2ccc3cnoc3c2)nc(OC(C(F)(F)F)C(F)(F)F)n1. The third-order valence-electron chi connectivity index (χ3n) is 4.08. The molecule has 0 spiro atoms. The van der Waals surface area contributed by atoms with E-state index in [1.807, 2.05) is 0 Å². The van der Waals surface area contributed by atoms with Crippen molar-refractivity contribution in [3.63, 3.8) is 0 Å². The van der Waals surface area contributed by atoms with Crippen LogP contribution >= 0.6 is 0 Å². The van der Waals surface area contributed by atoms with E-state index in [4.69, 9.17) is 4.52 Å². The summed E-state index contributed by atoms with van der Waals surface area (Å²) in [5, 5.41) is 7.01. The van der Waals surface area contributed by atoms with Crippen LogP contribution in [0.25, 0.3) is 11.0 Å². The molecule has 3 rings (SSSR count). The lowest BCUT2D eigenvalue weighted by Gasteiger charge is -2.24. The summed E-state index contributed by atoms with van der Waals surface area (Å²) in [6, 6.07) is 3.61. The lowest BCUT2D eigenvalue weighted by molar-refractivity contribution is -0.301. The predicted molar refractivity (Wildman–Crippen MR) is 97.2 cm³/mol. The van der Waals surface area contributed by atoms with Gasteiger partial charge in [-0.15, -0.1) is 0 Å². The van der Waals surface area contributed by atoms with Gasteiger partial charge in [-0.3, -0.25) is 0 Å². The Kier molecular flexibility index (Phi) is 6.08. The molecule has 0 saturated carbocycles. The van der Waals surface area contributed by atoms with Crippen LogP contribution in [0.3, 0.4) is 0 Å². The molecule has 0 aliphatic rings. The molecule has 0 aliphatic heterocycles. The molecule has 0 aliphatic carbocycles. The molecular weight excluding hydrogens is 434 g/mol. The fourth-order valence-electron chi connectivity index (χ4n) is 2.59. The molecule has 3 aromatic rings. The zero-order chi connectivity index (χ0) is 22.8. The molecule has 1 N–H and O–H groups in total. The van der Waals surface area contributed by atoms with Gasteiger partial charge in [-0.25, -0.2) is 0 Å².